The summed E-state index contributed by atoms with van der Waals surface area (Å²) in [7, 11) is 0. The summed E-state index contributed by atoms with van der Waals surface area (Å²) in [6.07, 6.45) is 4.10. The predicted molar refractivity (Wildman–Crippen MR) is 114 cm³/mol. The summed E-state index contributed by atoms with van der Waals surface area (Å²) >= 11 is 0. The van der Waals surface area contributed by atoms with Gasteiger partial charge in [0, 0.05) is 19.1 Å². The van der Waals surface area contributed by atoms with Gasteiger partial charge >= 0.3 is 0 Å². The lowest BCUT2D eigenvalue weighted by Gasteiger charge is -2.36. The Morgan fingerprint density at radius 3 is 2.34 bits per heavy atom. The highest BCUT2D eigenvalue weighted by Crippen LogP contribution is 2.38. The molecule has 160 valence electrons. The van der Waals surface area contributed by atoms with Crippen molar-refractivity contribution in [2.45, 2.75) is 76.6 Å². The molecule has 4 atom stereocenters. The van der Waals surface area contributed by atoms with E-state index in [2.05, 4.69) is 42.3 Å². The van der Waals surface area contributed by atoms with Gasteiger partial charge in [0.05, 0.1) is 6.61 Å². The third-order valence-electron chi connectivity index (χ3n) is 5.41. The van der Waals surface area contributed by atoms with Gasteiger partial charge in [-0.25, -0.2) is 0 Å². The Kier molecular flexibility index (Phi) is 6.97. The van der Waals surface area contributed by atoms with E-state index in [9.17, 15) is 0 Å². The van der Waals surface area contributed by atoms with E-state index in [0.29, 0.717) is 6.61 Å². The molecule has 0 radical (unpaired) electrons. The van der Waals surface area contributed by atoms with Crippen molar-refractivity contribution in [2.75, 3.05) is 13.2 Å². The monoisotopic (exact) mass is 401 g/mol. The van der Waals surface area contributed by atoms with Crippen molar-refractivity contribution in [3.8, 4) is 0 Å². The third kappa shape index (κ3) is 5.56. The number of rotatable bonds is 9. The Bertz CT molecular complexity index is 687. The summed E-state index contributed by atoms with van der Waals surface area (Å²) < 4.78 is 24.7. The van der Waals surface area contributed by atoms with E-state index >= 15 is 0 Å². The molecule has 2 fully saturated rings. The minimum absolute atomic E-state index is 0.0739. The van der Waals surface area contributed by atoms with Crippen LogP contribution >= 0.6 is 0 Å². The average molecular weight is 402 g/mol. The molecule has 29 heavy (non-hydrogen) atoms. The predicted octanol–water partition coefficient (Wildman–Crippen LogP) is 4.29. The maximum absolute atomic E-state index is 6.44. The molecule has 1 unspecified atom stereocenters. The van der Waals surface area contributed by atoms with E-state index in [-0.39, 0.29) is 24.4 Å². The van der Waals surface area contributed by atoms with Crippen LogP contribution in [0.25, 0.3) is 0 Å². The highest BCUT2D eigenvalue weighted by atomic mass is 16.8. The molecule has 5 nitrogen and oxygen atoms in total. The van der Waals surface area contributed by atoms with E-state index in [4.69, 9.17) is 18.9 Å². The molecule has 0 amide bonds. The van der Waals surface area contributed by atoms with Gasteiger partial charge in [-0.15, -0.1) is 13.2 Å². The molecule has 1 aromatic carbocycles. The van der Waals surface area contributed by atoms with E-state index in [1.165, 1.54) is 5.56 Å². The van der Waals surface area contributed by atoms with E-state index in [0.717, 1.165) is 19.5 Å². The van der Waals surface area contributed by atoms with Crippen LogP contribution < -0.4 is 0 Å². The quantitative estimate of drug-likeness (QED) is 0.577. The Hall–Kier alpha value is -1.50. The standard InChI is InChI=1S/C24H35NO4/c1-7-12-19(25(15-8-2)16-18-13-10-9-11-14-18)21-22(29-24(5,6)28-21)20-17-26-23(3,4)27-20/h7-11,13-14,19-22H,1-2,12,15-17H2,3-6H3/t19?,20-,21-,22-/m1/s1. The molecule has 2 saturated heterocycles. The first kappa shape index (κ1) is 22.2. The summed E-state index contributed by atoms with van der Waals surface area (Å²) in [5.41, 5.74) is 1.25. The van der Waals surface area contributed by atoms with Crippen molar-refractivity contribution < 1.29 is 18.9 Å². The van der Waals surface area contributed by atoms with E-state index in [1.807, 2.05) is 45.9 Å². The van der Waals surface area contributed by atoms with Crippen LogP contribution in [-0.4, -0.2) is 54.0 Å². The van der Waals surface area contributed by atoms with Crippen molar-refractivity contribution >= 4 is 0 Å². The summed E-state index contributed by atoms with van der Waals surface area (Å²) in [4.78, 5) is 2.38. The fourth-order valence-corrected chi connectivity index (χ4v) is 4.24. The van der Waals surface area contributed by atoms with Crippen LogP contribution in [0.15, 0.2) is 55.6 Å². The second-order valence-corrected chi connectivity index (χ2v) is 8.73. The highest BCUT2D eigenvalue weighted by molar-refractivity contribution is 5.15. The molecule has 0 bridgehead atoms. The zero-order chi connectivity index (χ0) is 21.1. The van der Waals surface area contributed by atoms with Gasteiger partial charge in [-0.1, -0.05) is 42.5 Å². The first-order chi connectivity index (χ1) is 13.7. The number of ether oxygens (including phenoxy) is 4. The van der Waals surface area contributed by atoms with Crippen molar-refractivity contribution in [3.63, 3.8) is 0 Å². The van der Waals surface area contributed by atoms with Gasteiger partial charge in [-0.3, -0.25) is 4.90 Å². The third-order valence-corrected chi connectivity index (χ3v) is 5.41. The lowest BCUT2D eigenvalue weighted by atomic mass is 9.96. The first-order valence-electron chi connectivity index (χ1n) is 10.4. The average Bonchev–Trinajstić information content (AvgIpc) is 3.18. The van der Waals surface area contributed by atoms with Crippen LogP contribution in [0.1, 0.15) is 39.7 Å². The van der Waals surface area contributed by atoms with Crippen molar-refractivity contribution in [3.05, 3.63) is 61.2 Å². The van der Waals surface area contributed by atoms with Gasteiger partial charge in [-0.2, -0.15) is 0 Å². The van der Waals surface area contributed by atoms with Gasteiger partial charge in [-0.05, 0) is 39.7 Å². The summed E-state index contributed by atoms with van der Waals surface area (Å²) in [6, 6.07) is 10.5. The second kappa shape index (κ2) is 9.11. The van der Waals surface area contributed by atoms with Gasteiger partial charge in [0.2, 0.25) is 0 Å². The zero-order valence-electron chi connectivity index (χ0n) is 18.2. The van der Waals surface area contributed by atoms with Crippen LogP contribution in [0, 0.1) is 0 Å². The van der Waals surface area contributed by atoms with Crippen LogP contribution in [-0.2, 0) is 25.5 Å². The number of benzene rings is 1. The zero-order valence-corrected chi connectivity index (χ0v) is 18.2. The molecule has 2 heterocycles. The molecular formula is C24H35NO4. The lowest BCUT2D eigenvalue weighted by Crippen LogP contribution is -2.51. The van der Waals surface area contributed by atoms with E-state index < -0.39 is 11.6 Å². The number of hydrogen-bond donors (Lipinski definition) is 0. The normalized spacial score (nSPS) is 29.1. The molecule has 0 aliphatic carbocycles. The highest BCUT2D eigenvalue weighted by Gasteiger charge is 2.52. The molecule has 0 spiro atoms. The minimum Gasteiger partial charge on any atom is -0.348 e. The van der Waals surface area contributed by atoms with Crippen LogP contribution in [0.2, 0.25) is 0 Å². The Labute approximate surface area is 175 Å². The second-order valence-electron chi connectivity index (χ2n) is 8.73. The Morgan fingerprint density at radius 1 is 1.03 bits per heavy atom. The van der Waals surface area contributed by atoms with Gasteiger partial charge in [0.25, 0.3) is 0 Å². The Morgan fingerprint density at radius 2 is 1.76 bits per heavy atom. The molecule has 1 aromatic rings. The topological polar surface area (TPSA) is 40.2 Å². The molecular weight excluding hydrogens is 366 g/mol. The molecule has 3 rings (SSSR count). The summed E-state index contributed by atoms with van der Waals surface area (Å²) in [5.74, 6) is -1.29. The fraction of sp³-hybridized carbons (Fsp3) is 0.583. The van der Waals surface area contributed by atoms with Crippen LogP contribution in [0.4, 0.5) is 0 Å². The van der Waals surface area contributed by atoms with Crippen LogP contribution in [0.3, 0.4) is 0 Å². The molecule has 2 aliphatic heterocycles. The molecule has 2 aliphatic rings. The molecule has 0 aromatic heterocycles. The SMILES string of the molecule is C=CCC([C@H]1OC(C)(C)O[C@@H]1[C@H]1COC(C)(C)O1)N(CC=C)Cc1ccccc1. The molecule has 0 N–H and O–H groups in total. The lowest BCUT2D eigenvalue weighted by molar-refractivity contribution is -0.175. The van der Waals surface area contributed by atoms with Crippen LogP contribution in [0.5, 0.6) is 0 Å². The van der Waals surface area contributed by atoms with Gasteiger partial charge < -0.3 is 18.9 Å². The molecule has 5 heteroatoms. The van der Waals surface area contributed by atoms with Gasteiger partial charge in [0.15, 0.2) is 11.6 Å². The van der Waals surface area contributed by atoms with Crippen molar-refractivity contribution in [1.82, 2.24) is 4.90 Å². The van der Waals surface area contributed by atoms with Crippen molar-refractivity contribution in [2.24, 2.45) is 0 Å². The number of hydrogen-bond acceptors (Lipinski definition) is 5. The molecule has 0 saturated carbocycles. The maximum Gasteiger partial charge on any atom is 0.163 e. The van der Waals surface area contributed by atoms with E-state index in [1.54, 1.807) is 0 Å². The summed E-state index contributed by atoms with van der Waals surface area (Å²) in [5, 5.41) is 0. The first-order valence-corrected chi connectivity index (χ1v) is 10.4. The minimum atomic E-state index is -0.683. The van der Waals surface area contributed by atoms with Crippen molar-refractivity contribution in [1.29, 1.82) is 0 Å². The smallest absolute Gasteiger partial charge is 0.163 e. The summed E-state index contributed by atoms with van der Waals surface area (Å²) in [6.45, 7) is 17.8. The fourth-order valence-electron chi connectivity index (χ4n) is 4.24. The largest absolute Gasteiger partial charge is 0.348 e. The number of nitrogens with zero attached hydrogens (tertiary/aromatic N) is 1. The maximum atomic E-state index is 6.44. The Balaban J connectivity index is 1.87. The van der Waals surface area contributed by atoms with Gasteiger partial charge in [0.1, 0.15) is 18.3 Å².